The number of halogens is 2. The Morgan fingerprint density at radius 1 is 1.35 bits per heavy atom. The predicted octanol–water partition coefficient (Wildman–Crippen LogP) is 4.05. The quantitative estimate of drug-likeness (QED) is 0.774. The van der Waals surface area contributed by atoms with Crippen LogP contribution in [0, 0.1) is 0 Å². The van der Waals surface area contributed by atoms with Crippen molar-refractivity contribution < 1.29 is 14.3 Å². The number of anilines is 1. The standard InChI is InChI=1S/C18H25Cl2N3O3/c1-18(2,3)26-17(25)22(4)10-11-6-5-9-23(11)16(24)12-7-8-13(19)15(21)14(12)20/h7-8,11H,5-6,9-10,21H2,1-4H3/t11-/m0/s1. The molecule has 0 bridgehead atoms. The van der Waals surface area contributed by atoms with E-state index < -0.39 is 11.7 Å². The van der Waals surface area contributed by atoms with Crippen LogP contribution in [0.4, 0.5) is 10.5 Å². The lowest BCUT2D eigenvalue weighted by Gasteiger charge is -2.30. The van der Waals surface area contributed by atoms with Gasteiger partial charge in [-0.1, -0.05) is 23.2 Å². The van der Waals surface area contributed by atoms with Gasteiger partial charge in [0.05, 0.1) is 21.3 Å². The Labute approximate surface area is 164 Å². The Hall–Kier alpha value is -1.66. The molecule has 1 heterocycles. The zero-order valence-corrected chi connectivity index (χ0v) is 17.0. The van der Waals surface area contributed by atoms with Gasteiger partial charge in [0.25, 0.3) is 5.91 Å². The highest BCUT2D eigenvalue weighted by Gasteiger charge is 2.33. The lowest BCUT2D eigenvalue weighted by molar-refractivity contribution is 0.0252. The van der Waals surface area contributed by atoms with E-state index >= 15 is 0 Å². The Kier molecular flexibility index (Phi) is 6.29. The largest absolute Gasteiger partial charge is 0.444 e. The van der Waals surface area contributed by atoms with Gasteiger partial charge in [-0.15, -0.1) is 0 Å². The Morgan fingerprint density at radius 3 is 2.62 bits per heavy atom. The van der Waals surface area contributed by atoms with Crippen LogP contribution in [0.2, 0.25) is 10.0 Å². The molecule has 8 heteroatoms. The molecule has 26 heavy (non-hydrogen) atoms. The van der Waals surface area contributed by atoms with Gasteiger partial charge in [-0.25, -0.2) is 4.79 Å². The number of amides is 2. The van der Waals surface area contributed by atoms with Gasteiger partial charge < -0.3 is 20.3 Å². The van der Waals surface area contributed by atoms with E-state index in [0.29, 0.717) is 23.7 Å². The average Bonchev–Trinajstić information content (AvgIpc) is 2.98. The van der Waals surface area contributed by atoms with E-state index in [1.165, 1.54) is 4.90 Å². The van der Waals surface area contributed by atoms with Gasteiger partial charge in [0.1, 0.15) is 5.60 Å². The number of carbonyl (C=O) groups excluding carboxylic acids is 2. The minimum atomic E-state index is -0.565. The second-order valence-corrected chi connectivity index (χ2v) is 8.26. The second kappa shape index (κ2) is 7.92. The van der Waals surface area contributed by atoms with Crippen LogP contribution in [0.25, 0.3) is 0 Å². The van der Waals surface area contributed by atoms with E-state index in [0.717, 1.165) is 12.8 Å². The summed E-state index contributed by atoms with van der Waals surface area (Å²) < 4.78 is 5.37. The van der Waals surface area contributed by atoms with Crippen molar-refractivity contribution in [2.45, 2.75) is 45.3 Å². The zero-order chi connectivity index (χ0) is 19.6. The molecule has 0 aromatic heterocycles. The van der Waals surface area contributed by atoms with Gasteiger partial charge in [-0.05, 0) is 45.7 Å². The Morgan fingerprint density at radius 2 is 2.00 bits per heavy atom. The fraction of sp³-hybridized carbons (Fsp3) is 0.556. The van der Waals surface area contributed by atoms with Crippen LogP contribution >= 0.6 is 23.2 Å². The number of carbonyl (C=O) groups is 2. The van der Waals surface area contributed by atoms with Crippen LogP contribution in [0.3, 0.4) is 0 Å². The molecule has 2 N–H and O–H groups in total. The summed E-state index contributed by atoms with van der Waals surface area (Å²) in [6.07, 6.45) is 1.25. The third kappa shape index (κ3) is 4.74. The highest BCUT2D eigenvalue weighted by molar-refractivity contribution is 6.40. The maximum absolute atomic E-state index is 12.9. The van der Waals surface area contributed by atoms with Gasteiger partial charge in [0.15, 0.2) is 0 Å². The summed E-state index contributed by atoms with van der Waals surface area (Å²) in [6, 6.07) is 3.04. The molecule has 1 saturated heterocycles. The topological polar surface area (TPSA) is 75.9 Å². The first-order valence-corrected chi connectivity index (χ1v) is 9.25. The number of hydrogen-bond acceptors (Lipinski definition) is 4. The van der Waals surface area contributed by atoms with Crippen molar-refractivity contribution in [1.82, 2.24) is 9.80 Å². The molecule has 6 nitrogen and oxygen atoms in total. The minimum absolute atomic E-state index is 0.104. The van der Waals surface area contributed by atoms with Crippen molar-refractivity contribution in [3.8, 4) is 0 Å². The van der Waals surface area contributed by atoms with Crippen molar-refractivity contribution in [1.29, 1.82) is 0 Å². The highest BCUT2D eigenvalue weighted by atomic mass is 35.5. The number of nitrogen functional groups attached to an aromatic ring is 1. The fourth-order valence-corrected chi connectivity index (χ4v) is 3.36. The van der Waals surface area contributed by atoms with Crippen molar-refractivity contribution in [3.05, 3.63) is 27.7 Å². The summed E-state index contributed by atoms with van der Waals surface area (Å²) in [6.45, 7) is 6.44. The first-order valence-electron chi connectivity index (χ1n) is 8.50. The fourth-order valence-electron chi connectivity index (χ4n) is 2.91. The number of nitrogens with zero attached hydrogens (tertiary/aromatic N) is 2. The summed E-state index contributed by atoms with van der Waals surface area (Å²) in [7, 11) is 1.67. The normalized spacial score (nSPS) is 17.3. The average molecular weight is 402 g/mol. The monoisotopic (exact) mass is 401 g/mol. The van der Waals surface area contributed by atoms with E-state index in [-0.39, 0.29) is 22.7 Å². The number of ether oxygens (including phenoxy) is 1. The van der Waals surface area contributed by atoms with Crippen LogP contribution in [0.1, 0.15) is 44.0 Å². The van der Waals surface area contributed by atoms with E-state index in [4.69, 9.17) is 33.7 Å². The molecule has 1 fully saturated rings. The molecule has 0 unspecified atom stereocenters. The molecule has 0 saturated carbocycles. The van der Waals surface area contributed by atoms with Gasteiger partial charge in [-0.3, -0.25) is 4.79 Å². The number of likely N-dealkylation sites (N-methyl/N-ethyl adjacent to an activating group) is 1. The SMILES string of the molecule is CN(C[C@@H]1CCCN1C(=O)c1ccc(Cl)c(N)c1Cl)C(=O)OC(C)(C)C. The van der Waals surface area contributed by atoms with Gasteiger partial charge >= 0.3 is 6.09 Å². The highest BCUT2D eigenvalue weighted by Crippen LogP contribution is 2.32. The molecule has 1 aliphatic rings. The molecule has 0 aliphatic carbocycles. The molecule has 1 aromatic rings. The van der Waals surface area contributed by atoms with Gasteiger partial charge in [0, 0.05) is 26.2 Å². The molecule has 1 aromatic carbocycles. The molecule has 0 spiro atoms. The molecular weight excluding hydrogens is 377 g/mol. The summed E-state index contributed by atoms with van der Waals surface area (Å²) in [5, 5.41) is 0.475. The predicted molar refractivity (Wildman–Crippen MR) is 104 cm³/mol. The lowest BCUT2D eigenvalue weighted by Crippen LogP contribution is -2.45. The summed E-state index contributed by atoms with van der Waals surface area (Å²) in [5.74, 6) is -0.210. The van der Waals surface area contributed by atoms with Crippen LogP contribution in [0.5, 0.6) is 0 Å². The number of nitrogens with two attached hydrogens (primary N) is 1. The van der Waals surface area contributed by atoms with E-state index in [9.17, 15) is 9.59 Å². The smallest absolute Gasteiger partial charge is 0.410 e. The van der Waals surface area contributed by atoms with Crippen molar-refractivity contribution in [2.24, 2.45) is 0 Å². The Balaban J connectivity index is 2.11. The van der Waals surface area contributed by atoms with E-state index in [2.05, 4.69) is 0 Å². The van der Waals surface area contributed by atoms with Crippen molar-refractivity contribution in [3.63, 3.8) is 0 Å². The maximum Gasteiger partial charge on any atom is 0.410 e. The van der Waals surface area contributed by atoms with Crippen molar-refractivity contribution >= 4 is 40.9 Å². The molecule has 2 rings (SSSR count). The van der Waals surface area contributed by atoms with Crippen LogP contribution in [-0.4, -0.2) is 53.6 Å². The molecule has 2 amide bonds. The third-order valence-electron chi connectivity index (χ3n) is 4.18. The van der Waals surface area contributed by atoms with Crippen LogP contribution < -0.4 is 5.73 Å². The molecule has 0 radical (unpaired) electrons. The third-order valence-corrected chi connectivity index (χ3v) is 4.92. The van der Waals surface area contributed by atoms with Crippen LogP contribution in [-0.2, 0) is 4.74 Å². The van der Waals surface area contributed by atoms with Gasteiger partial charge in [-0.2, -0.15) is 0 Å². The molecule has 1 atom stereocenters. The first kappa shape index (κ1) is 20.6. The zero-order valence-electron chi connectivity index (χ0n) is 15.5. The summed E-state index contributed by atoms with van der Waals surface area (Å²) in [4.78, 5) is 28.3. The summed E-state index contributed by atoms with van der Waals surface area (Å²) in [5.41, 5.74) is 5.78. The maximum atomic E-state index is 12.9. The lowest BCUT2D eigenvalue weighted by atomic mass is 10.1. The van der Waals surface area contributed by atoms with E-state index in [1.54, 1.807) is 24.1 Å². The molecule has 144 valence electrons. The first-order chi connectivity index (χ1) is 12.0. The number of rotatable bonds is 3. The molecular formula is C18H25Cl2N3O3. The van der Waals surface area contributed by atoms with E-state index in [1.807, 2.05) is 20.8 Å². The minimum Gasteiger partial charge on any atom is -0.444 e. The number of benzene rings is 1. The number of likely N-dealkylation sites (tertiary alicyclic amines) is 1. The molecule has 1 aliphatic heterocycles. The number of hydrogen-bond donors (Lipinski definition) is 1. The van der Waals surface area contributed by atoms with Crippen molar-refractivity contribution in [2.75, 3.05) is 25.9 Å². The summed E-state index contributed by atoms with van der Waals surface area (Å²) >= 11 is 12.1. The second-order valence-electron chi connectivity index (χ2n) is 7.48. The van der Waals surface area contributed by atoms with Gasteiger partial charge in [0.2, 0.25) is 0 Å². The Bertz CT molecular complexity index is 704. The van der Waals surface area contributed by atoms with Crippen LogP contribution in [0.15, 0.2) is 12.1 Å².